The number of furan rings is 1. The van der Waals surface area contributed by atoms with Crippen LogP contribution in [0.15, 0.2) is 94.5 Å². The van der Waals surface area contributed by atoms with E-state index in [0.717, 1.165) is 0 Å². The summed E-state index contributed by atoms with van der Waals surface area (Å²) in [5, 5.41) is 0. The van der Waals surface area contributed by atoms with E-state index in [-0.39, 0.29) is 16.6 Å². The second-order valence-corrected chi connectivity index (χ2v) is 10.7. The lowest BCUT2D eigenvalue weighted by molar-refractivity contribution is 0.104. The zero-order valence-corrected chi connectivity index (χ0v) is 21.0. The van der Waals surface area contributed by atoms with Gasteiger partial charge in [-0.05, 0) is 78.9 Å². The monoisotopic (exact) mass is 513 g/mol. The summed E-state index contributed by atoms with van der Waals surface area (Å²) in [7, 11) is -3.82. The van der Waals surface area contributed by atoms with Gasteiger partial charge >= 0.3 is 0 Å². The van der Waals surface area contributed by atoms with Crippen LogP contribution >= 0.6 is 0 Å². The zero-order chi connectivity index (χ0) is 25.7. The van der Waals surface area contributed by atoms with Gasteiger partial charge in [-0.15, -0.1) is 0 Å². The second kappa shape index (κ2) is 10.9. The summed E-state index contributed by atoms with van der Waals surface area (Å²) < 4.78 is 33.3. The number of anilines is 1. The molecule has 1 aliphatic rings. The standard InChI is InChI=1S/C29H27N3O4S/c33-27(23-9-7-22(8-10-23)21-5-2-1-3-6-21)17-13-25-14-18-28(36-25)24-11-15-26(16-12-24)37(34,35)32-29-30-19-4-20-31-29/h4,7-21H,1-3,5-6H2,(H,30,31,32). The SMILES string of the molecule is O=C(C=Cc1ccc(-c2ccc(S(=O)(=O)Nc3ncccn3)cc2)o1)c1ccc(C2CCCCC2)cc1. The molecule has 2 heterocycles. The van der Waals surface area contributed by atoms with Gasteiger partial charge in [0.25, 0.3) is 10.0 Å². The van der Waals surface area contributed by atoms with Gasteiger partial charge < -0.3 is 4.42 Å². The molecule has 5 rings (SSSR count). The van der Waals surface area contributed by atoms with Crippen LogP contribution < -0.4 is 4.72 Å². The van der Waals surface area contributed by atoms with Crippen LogP contribution in [0.3, 0.4) is 0 Å². The summed E-state index contributed by atoms with van der Waals surface area (Å²) >= 11 is 0. The van der Waals surface area contributed by atoms with Gasteiger partial charge in [-0.25, -0.2) is 23.1 Å². The van der Waals surface area contributed by atoms with Gasteiger partial charge in [0, 0.05) is 23.5 Å². The summed E-state index contributed by atoms with van der Waals surface area (Å²) in [6.07, 6.45) is 12.4. The first kappa shape index (κ1) is 24.6. The number of nitrogens with zero attached hydrogens (tertiary/aromatic N) is 2. The molecule has 2 aromatic heterocycles. The maximum Gasteiger partial charge on any atom is 0.264 e. The molecule has 1 saturated carbocycles. The fourth-order valence-electron chi connectivity index (χ4n) is 4.54. The largest absolute Gasteiger partial charge is 0.457 e. The van der Waals surface area contributed by atoms with Crippen molar-refractivity contribution in [2.24, 2.45) is 0 Å². The molecule has 37 heavy (non-hydrogen) atoms. The molecule has 7 nitrogen and oxygen atoms in total. The second-order valence-electron chi connectivity index (χ2n) is 9.06. The van der Waals surface area contributed by atoms with E-state index in [1.807, 2.05) is 12.1 Å². The molecule has 1 aliphatic carbocycles. The number of allylic oxidation sites excluding steroid dienone is 1. The van der Waals surface area contributed by atoms with Crippen molar-refractivity contribution in [3.63, 3.8) is 0 Å². The molecule has 0 aliphatic heterocycles. The van der Waals surface area contributed by atoms with Gasteiger partial charge in [0.2, 0.25) is 5.95 Å². The Balaban J connectivity index is 1.22. The number of hydrogen-bond acceptors (Lipinski definition) is 6. The molecule has 1 fully saturated rings. The van der Waals surface area contributed by atoms with Crippen molar-refractivity contribution in [1.82, 2.24) is 9.97 Å². The molecule has 0 unspecified atom stereocenters. The maximum atomic E-state index is 12.6. The molecule has 0 amide bonds. The molecule has 0 bridgehead atoms. The van der Waals surface area contributed by atoms with E-state index in [4.69, 9.17) is 4.42 Å². The lowest BCUT2D eigenvalue weighted by Crippen LogP contribution is -2.14. The van der Waals surface area contributed by atoms with Crippen LogP contribution in [0.25, 0.3) is 17.4 Å². The van der Waals surface area contributed by atoms with Crippen LogP contribution in [0.5, 0.6) is 0 Å². The van der Waals surface area contributed by atoms with Crippen molar-refractivity contribution in [2.45, 2.75) is 42.9 Å². The Labute approximate surface area is 216 Å². The summed E-state index contributed by atoms with van der Waals surface area (Å²) in [5.74, 6) is 1.62. The third kappa shape index (κ3) is 6.03. The third-order valence-electron chi connectivity index (χ3n) is 6.54. The van der Waals surface area contributed by atoms with Crippen molar-refractivity contribution in [2.75, 3.05) is 4.72 Å². The number of benzene rings is 2. The number of aromatic nitrogens is 2. The third-order valence-corrected chi connectivity index (χ3v) is 7.88. The summed E-state index contributed by atoms with van der Waals surface area (Å²) in [6, 6.07) is 19.4. The van der Waals surface area contributed by atoms with E-state index in [1.165, 1.54) is 68.3 Å². The molecule has 0 radical (unpaired) electrons. The Morgan fingerprint density at radius 2 is 1.59 bits per heavy atom. The predicted molar refractivity (Wildman–Crippen MR) is 143 cm³/mol. The van der Waals surface area contributed by atoms with E-state index in [1.54, 1.807) is 36.4 Å². The molecule has 1 N–H and O–H groups in total. The van der Waals surface area contributed by atoms with E-state index in [0.29, 0.717) is 28.6 Å². The Morgan fingerprint density at radius 3 is 2.30 bits per heavy atom. The highest BCUT2D eigenvalue weighted by molar-refractivity contribution is 7.92. The lowest BCUT2D eigenvalue weighted by Gasteiger charge is -2.21. The lowest BCUT2D eigenvalue weighted by atomic mass is 9.84. The van der Waals surface area contributed by atoms with Crippen molar-refractivity contribution < 1.29 is 17.6 Å². The predicted octanol–water partition coefficient (Wildman–Crippen LogP) is 6.48. The van der Waals surface area contributed by atoms with Crippen molar-refractivity contribution in [3.8, 4) is 11.3 Å². The van der Waals surface area contributed by atoms with E-state index in [9.17, 15) is 13.2 Å². The summed E-state index contributed by atoms with van der Waals surface area (Å²) in [6.45, 7) is 0. The van der Waals surface area contributed by atoms with Crippen LogP contribution in [0, 0.1) is 0 Å². The first-order valence-corrected chi connectivity index (χ1v) is 13.8. The molecular weight excluding hydrogens is 486 g/mol. The fourth-order valence-corrected chi connectivity index (χ4v) is 5.49. The molecule has 0 saturated heterocycles. The van der Waals surface area contributed by atoms with E-state index < -0.39 is 10.0 Å². The fraction of sp³-hybridized carbons (Fsp3) is 0.207. The van der Waals surface area contributed by atoms with E-state index in [2.05, 4.69) is 26.8 Å². The number of nitrogens with one attached hydrogen (secondary N) is 1. The molecule has 0 spiro atoms. The normalized spacial score (nSPS) is 14.6. The van der Waals surface area contributed by atoms with Gasteiger partial charge in [0.15, 0.2) is 5.78 Å². The molecule has 8 heteroatoms. The molecule has 188 valence electrons. The summed E-state index contributed by atoms with van der Waals surface area (Å²) in [4.78, 5) is 20.5. The summed E-state index contributed by atoms with van der Waals surface area (Å²) in [5.41, 5.74) is 2.67. The van der Waals surface area contributed by atoms with Gasteiger partial charge in [0.05, 0.1) is 4.90 Å². The molecule has 2 aromatic carbocycles. The highest BCUT2D eigenvalue weighted by Gasteiger charge is 2.17. The van der Waals surface area contributed by atoms with Crippen LogP contribution in [0.4, 0.5) is 5.95 Å². The first-order chi connectivity index (χ1) is 18.0. The van der Waals surface area contributed by atoms with Gasteiger partial charge in [0.1, 0.15) is 11.5 Å². The quantitative estimate of drug-likeness (QED) is 0.214. The van der Waals surface area contributed by atoms with Crippen LogP contribution in [-0.2, 0) is 10.0 Å². The van der Waals surface area contributed by atoms with Gasteiger partial charge in [-0.1, -0.05) is 43.5 Å². The number of hydrogen-bond donors (Lipinski definition) is 1. The number of carbonyl (C=O) groups is 1. The minimum Gasteiger partial charge on any atom is -0.457 e. The topological polar surface area (TPSA) is 102 Å². The first-order valence-electron chi connectivity index (χ1n) is 12.3. The van der Waals surface area contributed by atoms with Crippen molar-refractivity contribution in [1.29, 1.82) is 0 Å². The highest BCUT2D eigenvalue weighted by atomic mass is 32.2. The number of carbonyl (C=O) groups excluding carboxylic acids is 1. The Bertz CT molecular complexity index is 1490. The molecule has 0 atom stereocenters. The van der Waals surface area contributed by atoms with Crippen LogP contribution in [-0.4, -0.2) is 24.2 Å². The smallest absolute Gasteiger partial charge is 0.264 e. The van der Waals surface area contributed by atoms with Gasteiger partial charge in [-0.2, -0.15) is 0 Å². The van der Waals surface area contributed by atoms with Gasteiger partial charge in [-0.3, -0.25) is 4.79 Å². The van der Waals surface area contributed by atoms with Crippen LogP contribution in [0.2, 0.25) is 0 Å². The molecule has 4 aromatic rings. The zero-order valence-electron chi connectivity index (χ0n) is 20.2. The number of rotatable bonds is 8. The minimum atomic E-state index is -3.82. The number of ketones is 1. The maximum absolute atomic E-state index is 12.6. The van der Waals surface area contributed by atoms with Crippen molar-refractivity contribution in [3.05, 3.63) is 102 Å². The average Bonchev–Trinajstić information content (AvgIpc) is 3.42. The Morgan fingerprint density at radius 1 is 0.892 bits per heavy atom. The van der Waals surface area contributed by atoms with Crippen LogP contribution in [0.1, 0.15) is 59.7 Å². The molecular formula is C29H27N3O4S. The minimum absolute atomic E-state index is 0.00347. The number of sulfonamides is 1. The Hall–Kier alpha value is -4.04. The highest BCUT2D eigenvalue weighted by Crippen LogP contribution is 2.32. The van der Waals surface area contributed by atoms with Crippen molar-refractivity contribution >= 4 is 27.8 Å². The average molecular weight is 514 g/mol. The Kier molecular flexibility index (Phi) is 7.28. The van der Waals surface area contributed by atoms with E-state index >= 15 is 0 Å².